The van der Waals surface area contributed by atoms with E-state index in [-0.39, 0.29) is 30.0 Å². The molecule has 114 valence electrons. The number of ether oxygens (including phenoxy) is 1. The van der Waals surface area contributed by atoms with Gasteiger partial charge in [-0.15, -0.1) is 0 Å². The average Bonchev–Trinajstić information content (AvgIpc) is 2.48. The maximum Gasteiger partial charge on any atom is 0.170 e. The smallest absolute Gasteiger partial charge is 0.170 e. The summed E-state index contributed by atoms with van der Waals surface area (Å²) in [6, 6.07) is 6.67. The molecule has 1 aromatic rings. The van der Waals surface area contributed by atoms with Crippen LogP contribution < -0.4 is 0 Å². The SMILES string of the molecule is CC(C)[C@@H]1C[C@@H](C(=O)CC(=O)c2ccc(Cl)cc2)CCO1. The van der Waals surface area contributed by atoms with Crippen LogP contribution in [-0.4, -0.2) is 24.3 Å². The predicted molar refractivity (Wildman–Crippen MR) is 82.7 cm³/mol. The Morgan fingerprint density at radius 1 is 1.29 bits per heavy atom. The summed E-state index contributed by atoms with van der Waals surface area (Å²) in [6.45, 7) is 4.79. The largest absolute Gasteiger partial charge is 0.378 e. The third-order valence-electron chi connectivity index (χ3n) is 4.01. The van der Waals surface area contributed by atoms with Gasteiger partial charge in [-0.05, 0) is 43.0 Å². The number of hydrogen-bond donors (Lipinski definition) is 0. The van der Waals surface area contributed by atoms with Crippen molar-refractivity contribution in [3.63, 3.8) is 0 Å². The zero-order valence-corrected chi connectivity index (χ0v) is 13.2. The van der Waals surface area contributed by atoms with Crippen molar-refractivity contribution in [1.82, 2.24) is 0 Å². The van der Waals surface area contributed by atoms with Gasteiger partial charge in [-0.1, -0.05) is 25.4 Å². The van der Waals surface area contributed by atoms with Crippen LogP contribution in [0.5, 0.6) is 0 Å². The minimum atomic E-state index is -0.135. The molecule has 1 heterocycles. The maximum atomic E-state index is 12.3. The number of Topliss-reactive ketones (excluding diaryl/α,β-unsaturated/α-hetero) is 2. The van der Waals surface area contributed by atoms with E-state index in [1.807, 2.05) is 0 Å². The van der Waals surface area contributed by atoms with Crippen molar-refractivity contribution in [3.05, 3.63) is 34.9 Å². The number of benzene rings is 1. The fraction of sp³-hybridized carbons (Fsp3) is 0.529. The summed E-state index contributed by atoms with van der Waals surface area (Å²) in [7, 11) is 0. The zero-order chi connectivity index (χ0) is 15.4. The highest BCUT2D eigenvalue weighted by Crippen LogP contribution is 2.26. The summed E-state index contributed by atoms with van der Waals surface area (Å²) in [5.74, 6) is 0.239. The summed E-state index contributed by atoms with van der Waals surface area (Å²) < 4.78 is 5.67. The first-order valence-corrected chi connectivity index (χ1v) is 7.78. The molecule has 1 aromatic carbocycles. The Bertz CT molecular complexity index is 507. The van der Waals surface area contributed by atoms with Crippen molar-refractivity contribution in [3.8, 4) is 0 Å². The first-order valence-electron chi connectivity index (χ1n) is 7.40. The van der Waals surface area contributed by atoms with Crippen molar-refractivity contribution in [2.75, 3.05) is 6.61 Å². The van der Waals surface area contributed by atoms with Crippen LogP contribution >= 0.6 is 11.6 Å². The third-order valence-corrected chi connectivity index (χ3v) is 4.27. The Hall–Kier alpha value is -1.19. The van der Waals surface area contributed by atoms with E-state index in [2.05, 4.69) is 13.8 Å². The van der Waals surface area contributed by atoms with Crippen molar-refractivity contribution >= 4 is 23.2 Å². The molecule has 2 atom stereocenters. The Morgan fingerprint density at radius 3 is 2.57 bits per heavy atom. The van der Waals surface area contributed by atoms with Crippen LogP contribution in [0.3, 0.4) is 0 Å². The minimum Gasteiger partial charge on any atom is -0.378 e. The van der Waals surface area contributed by atoms with Crippen LogP contribution in [0.25, 0.3) is 0 Å². The normalized spacial score (nSPS) is 22.3. The molecule has 0 radical (unpaired) electrons. The van der Waals surface area contributed by atoms with Crippen molar-refractivity contribution in [2.24, 2.45) is 11.8 Å². The molecule has 1 fully saturated rings. The fourth-order valence-electron chi connectivity index (χ4n) is 2.63. The first-order chi connectivity index (χ1) is 9.97. The summed E-state index contributed by atoms with van der Waals surface area (Å²) >= 11 is 5.80. The predicted octanol–water partition coefficient (Wildman–Crippen LogP) is 3.93. The third kappa shape index (κ3) is 4.39. The molecule has 2 rings (SSSR count). The molecule has 1 saturated heterocycles. The van der Waals surface area contributed by atoms with Gasteiger partial charge in [-0.2, -0.15) is 0 Å². The van der Waals surface area contributed by atoms with E-state index in [1.54, 1.807) is 24.3 Å². The van der Waals surface area contributed by atoms with Gasteiger partial charge in [0.05, 0.1) is 12.5 Å². The van der Waals surface area contributed by atoms with Gasteiger partial charge in [0.2, 0.25) is 0 Å². The Labute approximate surface area is 130 Å². The lowest BCUT2D eigenvalue weighted by Crippen LogP contribution is -2.34. The minimum absolute atomic E-state index is 0.0306. The summed E-state index contributed by atoms with van der Waals surface area (Å²) in [5, 5.41) is 0.585. The van der Waals surface area contributed by atoms with Gasteiger partial charge in [0.25, 0.3) is 0 Å². The van der Waals surface area contributed by atoms with Crippen LogP contribution in [0.2, 0.25) is 5.02 Å². The molecular formula is C17H21ClO3. The molecule has 0 aliphatic carbocycles. The molecule has 0 spiro atoms. The summed E-state index contributed by atoms with van der Waals surface area (Å²) in [5.41, 5.74) is 0.542. The van der Waals surface area contributed by atoms with Crippen molar-refractivity contribution in [2.45, 2.75) is 39.2 Å². The van der Waals surface area contributed by atoms with E-state index in [0.717, 1.165) is 12.8 Å². The van der Waals surface area contributed by atoms with Crippen molar-refractivity contribution in [1.29, 1.82) is 0 Å². The maximum absolute atomic E-state index is 12.3. The lowest BCUT2D eigenvalue weighted by Gasteiger charge is -2.31. The van der Waals surface area contributed by atoms with Gasteiger partial charge in [-0.3, -0.25) is 9.59 Å². The molecule has 0 bridgehead atoms. The highest BCUT2D eigenvalue weighted by molar-refractivity contribution is 6.30. The number of halogens is 1. The van der Waals surface area contributed by atoms with Gasteiger partial charge in [0.15, 0.2) is 5.78 Å². The summed E-state index contributed by atoms with van der Waals surface area (Å²) in [4.78, 5) is 24.4. The van der Waals surface area contributed by atoms with E-state index >= 15 is 0 Å². The van der Waals surface area contributed by atoms with Gasteiger partial charge in [0, 0.05) is 23.1 Å². The Balaban J connectivity index is 1.94. The quantitative estimate of drug-likeness (QED) is 0.611. The molecule has 21 heavy (non-hydrogen) atoms. The molecule has 1 aliphatic rings. The summed E-state index contributed by atoms with van der Waals surface area (Å²) in [6.07, 6.45) is 1.54. The second-order valence-electron chi connectivity index (χ2n) is 5.95. The topological polar surface area (TPSA) is 43.4 Å². The highest BCUT2D eigenvalue weighted by Gasteiger charge is 2.30. The van der Waals surface area contributed by atoms with Crippen LogP contribution in [0.4, 0.5) is 0 Å². The second kappa shape index (κ2) is 7.19. The number of rotatable bonds is 5. The molecule has 0 N–H and O–H groups in total. The molecule has 0 amide bonds. The average molecular weight is 309 g/mol. The molecule has 0 aromatic heterocycles. The standard InChI is InChI=1S/C17H21ClO3/c1-11(2)17-9-13(7-8-21-17)16(20)10-15(19)12-3-5-14(18)6-4-12/h3-6,11,13,17H,7-10H2,1-2H3/t13-,17-/m0/s1. The monoisotopic (exact) mass is 308 g/mol. The second-order valence-corrected chi connectivity index (χ2v) is 6.38. The lowest BCUT2D eigenvalue weighted by atomic mass is 9.85. The van der Waals surface area contributed by atoms with Gasteiger partial charge in [-0.25, -0.2) is 0 Å². The van der Waals surface area contributed by atoms with Gasteiger partial charge < -0.3 is 4.74 Å². The lowest BCUT2D eigenvalue weighted by molar-refractivity contribution is -0.128. The molecule has 1 aliphatic heterocycles. The zero-order valence-electron chi connectivity index (χ0n) is 12.5. The van der Waals surface area contributed by atoms with E-state index in [9.17, 15) is 9.59 Å². The van der Waals surface area contributed by atoms with Crippen LogP contribution in [0, 0.1) is 11.8 Å². The van der Waals surface area contributed by atoms with E-state index in [1.165, 1.54) is 0 Å². The first kappa shape index (κ1) is 16.2. The highest BCUT2D eigenvalue weighted by atomic mass is 35.5. The van der Waals surface area contributed by atoms with Crippen LogP contribution in [0.1, 0.15) is 43.5 Å². The fourth-order valence-corrected chi connectivity index (χ4v) is 2.75. The number of ketones is 2. The number of carbonyl (C=O) groups excluding carboxylic acids is 2. The molecule has 0 saturated carbocycles. The van der Waals surface area contributed by atoms with E-state index in [4.69, 9.17) is 16.3 Å². The molecule has 4 heteroatoms. The van der Waals surface area contributed by atoms with Gasteiger partial charge >= 0.3 is 0 Å². The Kier molecular flexibility index (Phi) is 5.54. The molecule has 0 unspecified atom stereocenters. The number of carbonyl (C=O) groups is 2. The molecular weight excluding hydrogens is 288 g/mol. The number of hydrogen-bond acceptors (Lipinski definition) is 3. The van der Waals surface area contributed by atoms with E-state index < -0.39 is 0 Å². The van der Waals surface area contributed by atoms with Crippen LogP contribution in [0.15, 0.2) is 24.3 Å². The van der Waals surface area contributed by atoms with Crippen LogP contribution in [-0.2, 0) is 9.53 Å². The van der Waals surface area contributed by atoms with Gasteiger partial charge in [0.1, 0.15) is 5.78 Å². The molecule has 3 nitrogen and oxygen atoms in total. The van der Waals surface area contributed by atoms with E-state index in [0.29, 0.717) is 23.1 Å². The van der Waals surface area contributed by atoms with Crippen molar-refractivity contribution < 1.29 is 14.3 Å². The Morgan fingerprint density at radius 2 is 1.95 bits per heavy atom.